The fourth-order valence-electron chi connectivity index (χ4n) is 2.49. The number of aromatic amines is 1. The van der Waals surface area contributed by atoms with Crippen LogP contribution >= 0.6 is 0 Å². The van der Waals surface area contributed by atoms with Crippen molar-refractivity contribution in [3.05, 3.63) is 54.4 Å². The van der Waals surface area contributed by atoms with Crippen molar-refractivity contribution in [2.24, 2.45) is 0 Å². The number of halogens is 3. The summed E-state index contributed by atoms with van der Waals surface area (Å²) in [5, 5.41) is 14.5. The van der Waals surface area contributed by atoms with Gasteiger partial charge in [0.15, 0.2) is 5.58 Å². The summed E-state index contributed by atoms with van der Waals surface area (Å²) in [7, 11) is 0. The average Bonchev–Trinajstić information content (AvgIpc) is 3.28. The van der Waals surface area contributed by atoms with Crippen LogP contribution in [0.15, 0.2) is 53.2 Å². The van der Waals surface area contributed by atoms with Gasteiger partial charge in [0.2, 0.25) is 0 Å². The molecule has 4 rings (SSSR count). The van der Waals surface area contributed by atoms with Gasteiger partial charge in [-0.05, 0) is 40.5 Å². The van der Waals surface area contributed by atoms with Gasteiger partial charge in [-0.15, -0.1) is 18.3 Å². The summed E-state index contributed by atoms with van der Waals surface area (Å²) in [4.78, 5) is 0. The standard InChI is InChI=1S/C17H11F3N4O3/c18-17(19,20)26-13-4-1-10(2-5-13)11-3-6-15-14(7-11)16(23-27-15)25-9-12-8-21-24-22-12/h1-8H,9H2,(H,21,22,24). The first-order valence-corrected chi connectivity index (χ1v) is 7.72. The van der Waals surface area contributed by atoms with Gasteiger partial charge in [-0.3, -0.25) is 5.10 Å². The van der Waals surface area contributed by atoms with E-state index in [9.17, 15) is 13.2 Å². The summed E-state index contributed by atoms with van der Waals surface area (Å²) in [6.07, 6.45) is -3.13. The van der Waals surface area contributed by atoms with Gasteiger partial charge in [-0.25, -0.2) is 0 Å². The van der Waals surface area contributed by atoms with E-state index in [0.29, 0.717) is 22.2 Å². The van der Waals surface area contributed by atoms with Crippen molar-refractivity contribution in [2.45, 2.75) is 13.0 Å². The van der Waals surface area contributed by atoms with Crippen molar-refractivity contribution in [1.82, 2.24) is 20.6 Å². The Kier molecular flexibility index (Phi) is 4.15. The molecule has 0 fully saturated rings. The van der Waals surface area contributed by atoms with Crippen molar-refractivity contribution >= 4 is 11.0 Å². The van der Waals surface area contributed by atoms with E-state index in [1.807, 2.05) is 0 Å². The van der Waals surface area contributed by atoms with Crippen LogP contribution in [0.5, 0.6) is 11.6 Å². The fraction of sp³-hybridized carbons (Fsp3) is 0.118. The second-order valence-electron chi connectivity index (χ2n) is 5.52. The zero-order valence-electron chi connectivity index (χ0n) is 13.5. The number of ether oxygens (including phenoxy) is 2. The first-order chi connectivity index (χ1) is 13.0. The number of hydrogen-bond donors (Lipinski definition) is 1. The van der Waals surface area contributed by atoms with Crippen LogP contribution in [0, 0.1) is 0 Å². The third kappa shape index (κ3) is 3.84. The van der Waals surface area contributed by atoms with Crippen molar-refractivity contribution in [1.29, 1.82) is 0 Å². The molecule has 0 amide bonds. The Hall–Kier alpha value is -3.56. The molecular weight excluding hydrogens is 365 g/mol. The topological polar surface area (TPSA) is 86.1 Å². The number of rotatable bonds is 5. The van der Waals surface area contributed by atoms with Crippen LogP contribution < -0.4 is 9.47 Å². The van der Waals surface area contributed by atoms with Crippen LogP contribution in [-0.4, -0.2) is 26.9 Å². The molecule has 7 nitrogen and oxygen atoms in total. The molecular formula is C17H11F3N4O3. The lowest BCUT2D eigenvalue weighted by Gasteiger charge is -2.09. The molecule has 10 heteroatoms. The predicted octanol–water partition coefficient (Wildman–Crippen LogP) is 4.09. The van der Waals surface area contributed by atoms with Gasteiger partial charge in [0.05, 0.1) is 5.39 Å². The Morgan fingerprint density at radius 1 is 1.04 bits per heavy atom. The number of benzene rings is 2. The molecule has 2 aromatic heterocycles. The highest BCUT2D eigenvalue weighted by Gasteiger charge is 2.30. The van der Waals surface area contributed by atoms with Gasteiger partial charge >= 0.3 is 6.36 Å². The Morgan fingerprint density at radius 3 is 2.52 bits per heavy atom. The van der Waals surface area contributed by atoms with Crippen molar-refractivity contribution in [3.8, 4) is 22.8 Å². The van der Waals surface area contributed by atoms with Gasteiger partial charge in [0, 0.05) is 6.20 Å². The lowest BCUT2D eigenvalue weighted by Crippen LogP contribution is -2.16. The van der Waals surface area contributed by atoms with Gasteiger partial charge in [0.1, 0.15) is 18.1 Å². The SMILES string of the molecule is FC(F)(F)Oc1ccc(-c2ccc3onc(OCc4c[nH]nn4)c3c2)cc1. The number of alkyl halides is 3. The van der Waals surface area contributed by atoms with Crippen LogP contribution in [0.25, 0.3) is 22.1 Å². The molecule has 0 atom stereocenters. The largest absolute Gasteiger partial charge is 0.573 e. The Labute approximate surface area is 149 Å². The highest BCUT2D eigenvalue weighted by Crippen LogP contribution is 2.32. The van der Waals surface area contributed by atoms with Crippen LogP contribution in [0.3, 0.4) is 0 Å². The lowest BCUT2D eigenvalue weighted by molar-refractivity contribution is -0.274. The monoisotopic (exact) mass is 376 g/mol. The normalized spacial score (nSPS) is 11.7. The quantitative estimate of drug-likeness (QED) is 0.565. The number of hydrogen-bond acceptors (Lipinski definition) is 6. The van der Waals surface area contributed by atoms with Gasteiger partial charge < -0.3 is 14.0 Å². The van der Waals surface area contributed by atoms with Crippen molar-refractivity contribution in [2.75, 3.05) is 0 Å². The van der Waals surface area contributed by atoms with Crippen LogP contribution in [-0.2, 0) is 6.61 Å². The first-order valence-electron chi connectivity index (χ1n) is 7.72. The Bertz CT molecular complexity index is 1040. The zero-order valence-corrected chi connectivity index (χ0v) is 13.5. The van der Waals surface area contributed by atoms with Crippen LogP contribution in [0.2, 0.25) is 0 Å². The Morgan fingerprint density at radius 2 is 1.81 bits per heavy atom. The minimum atomic E-state index is -4.72. The van der Waals surface area contributed by atoms with E-state index in [2.05, 4.69) is 25.3 Å². The molecule has 0 spiro atoms. The molecule has 2 aromatic carbocycles. The van der Waals surface area contributed by atoms with E-state index in [1.54, 1.807) is 24.4 Å². The summed E-state index contributed by atoms with van der Waals surface area (Å²) >= 11 is 0. The number of aromatic nitrogens is 4. The molecule has 1 N–H and O–H groups in total. The molecule has 4 aromatic rings. The third-order valence-corrected chi connectivity index (χ3v) is 3.68. The summed E-state index contributed by atoms with van der Waals surface area (Å²) in [5.74, 6) is 0.000755. The summed E-state index contributed by atoms with van der Waals surface area (Å²) in [6, 6.07) is 10.8. The lowest BCUT2D eigenvalue weighted by atomic mass is 10.0. The minimum Gasteiger partial charge on any atom is -0.468 e. The highest BCUT2D eigenvalue weighted by molar-refractivity contribution is 5.87. The van der Waals surface area contributed by atoms with Crippen molar-refractivity contribution in [3.63, 3.8) is 0 Å². The molecule has 27 heavy (non-hydrogen) atoms. The molecule has 0 unspecified atom stereocenters. The smallest absolute Gasteiger partial charge is 0.468 e. The second-order valence-corrected chi connectivity index (χ2v) is 5.52. The zero-order chi connectivity index (χ0) is 18.9. The summed E-state index contributed by atoms with van der Waals surface area (Å²) < 4.78 is 51.5. The summed E-state index contributed by atoms with van der Waals surface area (Å²) in [5.41, 5.74) is 2.58. The highest BCUT2D eigenvalue weighted by atomic mass is 19.4. The predicted molar refractivity (Wildman–Crippen MR) is 86.8 cm³/mol. The third-order valence-electron chi connectivity index (χ3n) is 3.68. The maximum atomic E-state index is 12.3. The van der Waals surface area contributed by atoms with Gasteiger partial charge in [-0.2, -0.15) is 0 Å². The molecule has 0 aliphatic heterocycles. The van der Waals surface area contributed by atoms with Crippen molar-refractivity contribution < 1.29 is 27.2 Å². The van der Waals surface area contributed by atoms with E-state index in [4.69, 9.17) is 9.26 Å². The summed E-state index contributed by atoms with van der Waals surface area (Å²) in [6.45, 7) is 0.159. The van der Waals surface area contributed by atoms with Crippen LogP contribution in [0.1, 0.15) is 5.69 Å². The fourth-order valence-corrected chi connectivity index (χ4v) is 2.49. The molecule has 0 saturated heterocycles. The molecule has 138 valence electrons. The minimum absolute atomic E-state index is 0.159. The first kappa shape index (κ1) is 16.9. The number of nitrogens with zero attached hydrogens (tertiary/aromatic N) is 3. The van der Waals surface area contributed by atoms with E-state index in [-0.39, 0.29) is 18.2 Å². The van der Waals surface area contributed by atoms with E-state index in [1.165, 1.54) is 24.3 Å². The van der Waals surface area contributed by atoms with Gasteiger partial charge in [-0.1, -0.05) is 23.4 Å². The second kappa shape index (κ2) is 6.63. The molecule has 0 radical (unpaired) electrons. The van der Waals surface area contributed by atoms with Crippen LogP contribution in [0.4, 0.5) is 13.2 Å². The van der Waals surface area contributed by atoms with E-state index < -0.39 is 6.36 Å². The molecule has 0 aliphatic rings. The Balaban J connectivity index is 1.58. The average molecular weight is 376 g/mol. The van der Waals surface area contributed by atoms with E-state index >= 15 is 0 Å². The molecule has 2 heterocycles. The maximum absolute atomic E-state index is 12.3. The molecule has 0 saturated carbocycles. The number of fused-ring (bicyclic) bond motifs is 1. The molecule has 0 bridgehead atoms. The maximum Gasteiger partial charge on any atom is 0.573 e. The van der Waals surface area contributed by atoms with E-state index in [0.717, 1.165) is 5.56 Å². The molecule has 0 aliphatic carbocycles. The number of H-pyrrole nitrogens is 1. The number of nitrogens with one attached hydrogen (secondary N) is 1. The van der Waals surface area contributed by atoms with Gasteiger partial charge in [0.25, 0.3) is 5.88 Å².